The van der Waals surface area contributed by atoms with Crippen LogP contribution in [0.15, 0.2) is 30.8 Å². The molecule has 5 heteroatoms. The monoisotopic (exact) mass is 237 g/mol. The zero-order valence-corrected chi connectivity index (χ0v) is 9.32. The topological polar surface area (TPSA) is 44.5 Å². The van der Waals surface area contributed by atoms with E-state index in [1.54, 1.807) is 0 Å². The van der Waals surface area contributed by atoms with Crippen LogP contribution in [-0.2, 0) is 0 Å². The molecule has 0 bridgehead atoms. The second-order valence-corrected chi connectivity index (χ2v) is 3.77. The Morgan fingerprint density at radius 2 is 2.07 bits per heavy atom. The Bertz CT molecular complexity index is 556. The molecular weight excluding hydrogens is 230 g/mol. The molecule has 2 N–H and O–H groups in total. The lowest BCUT2D eigenvalue weighted by Crippen LogP contribution is -1.89. The summed E-state index contributed by atoms with van der Waals surface area (Å²) in [5.74, 6) is 0.605. The van der Waals surface area contributed by atoms with E-state index in [1.807, 2.05) is 24.3 Å². The largest absolute Gasteiger partial charge is 0.282 e. The first-order valence-electron chi connectivity index (χ1n) is 4.27. The molecule has 0 fully saturated rings. The van der Waals surface area contributed by atoms with Gasteiger partial charge in [-0.3, -0.25) is 10.2 Å². The number of benzene rings is 1. The Morgan fingerprint density at radius 3 is 2.67 bits per heavy atom. The molecular formula is C10H8ClN3S. The maximum absolute atomic E-state index is 6.04. The third-order valence-corrected chi connectivity index (χ3v) is 2.51. The number of aromatic amines is 2. The summed E-state index contributed by atoms with van der Waals surface area (Å²) in [6, 6.07) is 7.46. The van der Waals surface area contributed by atoms with Crippen molar-refractivity contribution in [2.45, 2.75) is 0 Å². The Hall–Kier alpha value is -1.39. The fraction of sp³-hybridized carbons (Fsp3) is 0. The first-order chi connectivity index (χ1) is 7.18. The van der Waals surface area contributed by atoms with Crippen molar-refractivity contribution < 1.29 is 0 Å². The van der Waals surface area contributed by atoms with Crippen LogP contribution >= 0.6 is 23.8 Å². The molecule has 0 radical (unpaired) electrons. The van der Waals surface area contributed by atoms with Gasteiger partial charge in [-0.15, -0.1) is 0 Å². The Labute approximate surface area is 96.8 Å². The summed E-state index contributed by atoms with van der Waals surface area (Å²) in [6.45, 7) is 3.92. The predicted molar refractivity (Wildman–Crippen MR) is 63.4 cm³/mol. The normalized spacial score (nSPS) is 10.2. The molecule has 76 valence electrons. The third kappa shape index (κ3) is 2.00. The minimum absolute atomic E-state index is 0.401. The van der Waals surface area contributed by atoms with E-state index < -0.39 is 0 Å². The quantitative estimate of drug-likeness (QED) is 0.788. The Kier molecular flexibility index (Phi) is 2.70. The highest BCUT2D eigenvalue weighted by molar-refractivity contribution is 7.71. The fourth-order valence-corrected chi connectivity index (χ4v) is 1.64. The molecule has 1 aromatic carbocycles. The van der Waals surface area contributed by atoms with Gasteiger partial charge in [-0.05, 0) is 18.3 Å². The number of aromatic nitrogens is 3. The van der Waals surface area contributed by atoms with Crippen LogP contribution in [0.1, 0.15) is 11.4 Å². The Morgan fingerprint density at radius 1 is 1.33 bits per heavy atom. The van der Waals surface area contributed by atoms with E-state index in [1.165, 1.54) is 0 Å². The lowest BCUT2D eigenvalue weighted by Gasteiger charge is -2.03. The van der Waals surface area contributed by atoms with Gasteiger partial charge in [0.05, 0.1) is 0 Å². The number of rotatable bonds is 2. The molecule has 0 spiro atoms. The van der Waals surface area contributed by atoms with Crippen LogP contribution in [0.5, 0.6) is 0 Å². The summed E-state index contributed by atoms with van der Waals surface area (Å²) < 4.78 is 0.401. The molecule has 0 atom stereocenters. The molecule has 0 unspecified atom stereocenters. The Balaban J connectivity index is 2.45. The summed E-state index contributed by atoms with van der Waals surface area (Å²) >= 11 is 10.9. The van der Waals surface area contributed by atoms with Gasteiger partial charge in [0.25, 0.3) is 0 Å². The standard InChI is InChI=1S/C10H8ClN3S/c1-6(9-12-10(15)14-13-9)7-4-2-3-5-8(7)11/h2-5H,1H2,(H2,12,13,14,15). The van der Waals surface area contributed by atoms with Crippen molar-refractivity contribution in [3.63, 3.8) is 0 Å². The van der Waals surface area contributed by atoms with E-state index in [9.17, 15) is 0 Å². The van der Waals surface area contributed by atoms with Gasteiger partial charge in [-0.25, -0.2) is 0 Å². The van der Waals surface area contributed by atoms with Crippen LogP contribution in [0.2, 0.25) is 5.02 Å². The highest BCUT2D eigenvalue weighted by atomic mass is 35.5. The molecule has 2 aromatic rings. The summed E-state index contributed by atoms with van der Waals surface area (Å²) in [5, 5.41) is 6.19. The summed E-state index contributed by atoms with van der Waals surface area (Å²) in [4.78, 5) is 4.07. The average molecular weight is 238 g/mol. The molecule has 0 amide bonds. The number of H-pyrrole nitrogens is 2. The fourth-order valence-electron chi connectivity index (χ4n) is 1.25. The molecule has 0 saturated carbocycles. The molecule has 15 heavy (non-hydrogen) atoms. The van der Waals surface area contributed by atoms with E-state index in [-0.39, 0.29) is 0 Å². The lowest BCUT2D eigenvalue weighted by atomic mass is 10.1. The molecule has 0 saturated heterocycles. The van der Waals surface area contributed by atoms with E-state index in [0.29, 0.717) is 21.2 Å². The second kappa shape index (κ2) is 4.00. The first kappa shape index (κ1) is 10.1. The van der Waals surface area contributed by atoms with Crippen molar-refractivity contribution in [2.24, 2.45) is 0 Å². The van der Waals surface area contributed by atoms with Crippen LogP contribution in [0.4, 0.5) is 0 Å². The minimum Gasteiger partial charge on any atom is -0.282 e. The number of halogens is 1. The average Bonchev–Trinajstić information content (AvgIpc) is 2.65. The number of hydrogen-bond donors (Lipinski definition) is 2. The van der Waals surface area contributed by atoms with Crippen LogP contribution in [0.3, 0.4) is 0 Å². The minimum atomic E-state index is 0.401. The van der Waals surface area contributed by atoms with Crippen LogP contribution in [-0.4, -0.2) is 15.2 Å². The van der Waals surface area contributed by atoms with Crippen molar-refractivity contribution in [3.05, 3.63) is 52.0 Å². The molecule has 1 aromatic heterocycles. The number of nitrogens with one attached hydrogen (secondary N) is 2. The third-order valence-electron chi connectivity index (χ3n) is 1.99. The molecule has 0 aliphatic rings. The summed E-state index contributed by atoms with van der Waals surface area (Å²) in [7, 11) is 0. The van der Waals surface area contributed by atoms with Gasteiger partial charge in [0, 0.05) is 16.2 Å². The lowest BCUT2D eigenvalue weighted by molar-refractivity contribution is 1.06. The molecule has 1 heterocycles. The van der Waals surface area contributed by atoms with E-state index in [4.69, 9.17) is 23.8 Å². The summed E-state index contributed by atoms with van der Waals surface area (Å²) in [5.41, 5.74) is 1.56. The van der Waals surface area contributed by atoms with Crippen molar-refractivity contribution in [1.82, 2.24) is 15.2 Å². The van der Waals surface area contributed by atoms with Gasteiger partial charge in [0.1, 0.15) is 0 Å². The maximum Gasteiger partial charge on any atom is 0.213 e. The number of nitrogens with zero attached hydrogens (tertiary/aromatic N) is 1. The van der Waals surface area contributed by atoms with E-state index in [0.717, 1.165) is 5.56 Å². The van der Waals surface area contributed by atoms with Crippen molar-refractivity contribution in [1.29, 1.82) is 0 Å². The number of hydrogen-bond acceptors (Lipinski definition) is 2. The van der Waals surface area contributed by atoms with E-state index >= 15 is 0 Å². The van der Waals surface area contributed by atoms with Crippen molar-refractivity contribution >= 4 is 29.4 Å². The second-order valence-electron chi connectivity index (χ2n) is 2.97. The summed E-state index contributed by atoms with van der Waals surface area (Å²) in [6.07, 6.45) is 0. The van der Waals surface area contributed by atoms with Gasteiger partial charge in [-0.1, -0.05) is 36.4 Å². The molecule has 2 rings (SSSR count). The van der Waals surface area contributed by atoms with Gasteiger partial charge >= 0.3 is 0 Å². The molecule has 3 nitrogen and oxygen atoms in total. The van der Waals surface area contributed by atoms with Crippen molar-refractivity contribution in [2.75, 3.05) is 0 Å². The highest BCUT2D eigenvalue weighted by Crippen LogP contribution is 2.25. The van der Waals surface area contributed by atoms with E-state index in [2.05, 4.69) is 21.8 Å². The van der Waals surface area contributed by atoms with Crippen LogP contribution in [0.25, 0.3) is 5.57 Å². The van der Waals surface area contributed by atoms with Gasteiger partial charge in [-0.2, -0.15) is 4.98 Å². The zero-order chi connectivity index (χ0) is 10.8. The van der Waals surface area contributed by atoms with Crippen molar-refractivity contribution in [3.8, 4) is 0 Å². The highest BCUT2D eigenvalue weighted by Gasteiger charge is 2.08. The molecule has 0 aliphatic carbocycles. The van der Waals surface area contributed by atoms with Gasteiger partial charge in [0.15, 0.2) is 5.82 Å². The SMILES string of the molecule is C=C(c1nc(=S)[nH][nH]1)c1ccccc1Cl. The smallest absolute Gasteiger partial charge is 0.213 e. The first-order valence-corrected chi connectivity index (χ1v) is 5.06. The zero-order valence-electron chi connectivity index (χ0n) is 7.75. The van der Waals surface area contributed by atoms with Crippen LogP contribution in [0, 0.1) is 4.77 Å². The predicted octanol–water partition coefficient (Wildman–Crippen LogP) is 3.18. The van der Waals surface area contributed by atoms with Gasteiger partial charge < -0.3 is 0 Å². The molecule has 0 aliphatic heterocycles. The van der Waals surface area contributed by atoms with Crippen LogP contribution < -0.4 is 0 Å². The van der Waals surface area contributed by atoms with Gasteiger partial charge in [0.2, 0.25) is 4.77 Å². The maximum atomic E-state index is 6.04.